The van der Waals surface area contributed by atoms with Gasteiger partial charge < -0.3 is 10.4 Å². The molecule has 0 radical (unpaired) electrons. The van der Waals surface area contributed by atoms with Gasteiger partial charge in [-0.15, -0.1) is 11.3 Å². The SMILES string of the molecule is CCC1C(=O)NCCN1Cc1cc(C=CC(=O)O)cs1. The second kappa shape index (κ2) is 6.67. The van der Waals surface area contributed by atoms with Crippen LogP contribution in [0.5, 0.6) is 0 Å². The third kappa shape index (κ3) is 3.68. The van der Waals surface area contributed by atoms with E-state index in [2.05, 4.69) is 10.2 Å². The first-order chi connectivity index (χ1) is 9.60. The van der Waals surface area contributed by atoms with Gasteiger partial charge in [0.2, 0.25) is 5.91 Å². The van der Waals surface area contributed by atoms with Crippen molar-refractivity contribution in [3.63, 3.8) is 0 Å². The van der Waals surface area contributed by atoms with E-state index in [4.69, 9.17) is 5.11 Å². The van der Waals surface area contributed by atoms with Crippen LogP contribution in [0.4, 0.5) is 0 Å². The number of rotatable bonds is 5. The number of thiophene rings is 1. The Bertz CT molecular complexity index is 524. The Morgan fingerprint density at radius 1 is 1.65 bits per heavy atom. The summed E-state index contributed by atoms with van der Waals surface area (Å²) in [6, 6.07) is 1.91. The first-order valence-electron chi connectivity index (χ1n) is 6.60. The summed E-state index contributed by atoms with van der Waals surface area (Å²) in [6.07, 6.45) is 3.51. The zero-order chi connectivity index (χ0) is 14.5. The number of carboxylic acid groups (broad SMARTS) is 1. The molecule has 2 rings (SSSR count). The lowest BCUT2D eigenvalue weighted by molar-refractivity contribution is -0.131. The molecule has 0 spiro atoms. The number of amides is 1. The highest BCUT2D eigenvalue weighted by Gasteiger charge is 2.27. The summed E-state index contributed by atoms with van der Waals surface area (Å²) in [4.78, 5) is 25.6. The minimum Gasteiger partial charge on any atom is -0.478 e. The molecule has 20 heavy (non-hydrogen) atoms. The van der Waals surface area contributed by atoms with Crippen LogP contribution in [0.3, 0.4) is 0 Å². The van der Waals surface area contributed by atoms with E-state index >= 15 is 0 Å². The van der Waals surface area contributed by atoms with Gasteiger partial charge in [-0.25, -0.2) is 4.79 Å². The van der Waals surface area contributed by atoms with Gasteiger partial charge in [0, 0.05) is 30.6 Å². The van der Waals surface area contributed by atoms with Gasteiger partial charge in [0.15, 0.2) is 0 Å². The molecule has 1 aromatic heterocycles. The molecule has 1 amide bonds. The van der Waals surface area contributed by atoms with Crippen molar-refractivity contribution in [1.82, 2.24) is 10.2 Å². The number of carboxylic acids is 1. The first kappa shape index (κ1) is 14.7. The van der Waals surface area contributed by atoms with Crippen molar-refractivity contribution < 1.29 is 14.7 Å². The Morgan fingerprint density at radius 2 is 2.45 bits per heavy atom. The van der Waals surface area contributed by atoms with Crippen LogP contribution in [-0.4, -0.2) is 41.0 Å². The first-order valence-corrected chi connectivity index (χ1v) is 7.48. The van der Waals surface area contributed by atoms with Gasteiger partial charge in [-0.05, 0) is 29.5 Å². The minimum absolute atomic E-state index is 0.0659. The number of hydrogen-bond acceptors (Lipinski definition) is 4. The van der Waals surface area contributed by atoms with Gasteiger partial charge in [-0.3, -0.25) is 9.69 Å². The number of aliphatic carboxylic acids is 1. The Kier molecular flexibility index (Phi) is 4.92. The Balaban J connectivity index is 2.02. The van der Waals surface area contributed by atoms with Gasteiger partial charge in [0.1, 0.15) is 0 Å². The summed E-state index contributed by atoms with van der Waals surface area (Å²) in [5.41, 5.74) is 0.891. The molecule has 1 aliphatic heterocycles. The standard InChI is InChI=1S/C14H18N2O3S/c1-2-12-14(19)15-5-6-16(12)8-11-7-10(9-20-11)3-4-13(17)18/h3-4,7,9,12H,2,5-6,8H2,1H3,(H,15,19)(H,17,18). The smallest absolute Gasteiger partial charge is 0.328 e. The monoisotopic (exact) mass is 294 g/mol. The molecule has 0 saturated carbocycles. The molecule has 1 aromatic rings. The van der Waals surface area contributed by atoms with Gasteiger partial charge in [0.05, 0.1) is 6.04 Å². The van der Waals surface area contributed by atoms with Crippen molar-refractivity contribution >= 4 is 29.3 Å². The number of carbonyl (C=O) groups excluding carboxylic acids is 1. The van der Waals surface area contributed by atoms with Gasteiger partial charge in [0.25, 0.3) is 0 Å². The molecule has 1 saturated heterocycles. The van der Waals surface area contributed by atoms with E-state index in [1.165, 1.54) is 0 Å². The van der Waals surface area contributed by atoms with E-state index in [-0.39, 0.29) is 11.9 Å². The summed E-state index contributed by atoms with van der Waals surface area (Å²) in [5, 5.41) is 13.4. The third-order valence-corrected chi connectivity index (χ3v) is 4.22. The predicted octanol–water partition coefficient (Wildman–Crippen LogP) is 1.56. The van der Waals surface area contributed by atoms with Crippen molar-refractivity contribution in [3.8, 4) is 0 Å². The third-order valence-electron chi connectivity index (χ3n) is 3.28. The van der Waals surface area contributed by atoms with Crippen molar-refractivity contribution in [2.45, 2.75) is 25.9 Å². The Labute approximate surface area is 121 Å². The van der Waals surface area contributed by atoms with Crippen LogP contribution < -0.4 is 5.32 Å². The predicted molar refractivity (Wildman–Crippen MR) is 78.5 cm³/mol. The second-order valence-electron chi connectivity index (χ2n) is 4.70. The second-order valence-corrected chi connectivity index (χ2v) is 5.70. The molecule has 1 atom stereocenters. The van der Waals surface area contributed by atoms with Crippen molar-refractivity contribution in [2.75, 3.05) is 13.1 Å². The highest BCUT2D eigenvalue weighted by molar-refractivity contribution is 7.10. The van der Waals surface area contributed by atoms with Gasteiger partial charge >= 0.3 is 5.97 Å². The topological polar surface area (TPSA) is 69.6 Å². The van der Waals surface area contributed by atoms with Crippen molar-refractivity contribution in [3.05, 3.63) is 28.0 Å². The van der Waals surface area contributed by atoms with Crippen LogP contribution in [0.1, 0.15) is 23.8 Å². The highest BCUT2D eigenvalue weighted by Crippen LogP contribution is 2.20. The molecular formula is C14H18N2O3S. The molecule has 0 aliphatic carbocycles. The summed E-state index contributed by atoms with van der Waals surface area (Å²) in [5.74, 6) is -0.849. The lowest BCUT2D eigenvalue weighted by Crippen LogP contribution is -2.54. The Hall–Kier alpha value is -1.66. The maximum absolute atomic E-state index is 11.8. The summed E-state index contributed by atoms with van der Waals surface area (Å²) >= 11 is 1.59. The zero-order valence-corrected chi connectivity index (χ0v) is 12.2. The lowest BCUT2D eigenvalue weighted by Gasteiger charge is -2.34. The van der Waals surface area contributed by atoms with E-state index in [9.17, 15) is 9.59 Å². The van der Waals surface area contributed by atoms with Crippen molar-refractivity contribution in [2.24, 2.45) is 0 Å². The highest BCUT2D eigenvalue weighted by atomic mass is 32.1. The van der Waals surface area contributed by atoms with Crippen LogP contribution in [0, 0.1) is 0 Å². The lowest BCUT2D eigenvalue weighted by atomic mass is 10.1. The fourth-order valence-corrected chi connectivity index (χ4v) is 3.21. The maximum atomic E-state index is 11.8. The number of piperazine rings is 1. The van der Waals surface area contributed by atoms with E-state index in [1.807, 2.05) is 18.4 Å². The van der Waals surface area contributed by atoms with Crippen molar-refractivity contribution in [1.29, 1.82) is 0 Å². The normalized spacial score (nSPS) is 20.2. The minimum atomic E-state index is -0.948. The molecule has 6 heteroatoms. The Morgan fingerprint density at radius 3 is 3.15 bits per heavy atom. The fraction of sp³-hybridized carbons (Fsp3) is 0.429. The van der Waals surface area contributed by atoms with Crippen LogP contribution in [0.15, 0.2) is 17.5 Å². The van der Waals surface area contributed by atoms with E-state index in [0.29, 0.717) is 6.54 Å². The fourth-order valence-electron chi connectivity index (χ4n) is 2.33. The average Bonchev–Trinajstić information content (AvgIpc) is 2.84. The quantitative estimate of drug-likeness (QED) is 0.809. The van der Waals surface area contributed by atoms with Crippen LogP contribution in [-0.2, 0) is 16.1 Å². The molecule has 0 aromatic carbocycles. The molecule has 2 N–H and O–H groups in total. The maximum Gasteiger partial charge on any atom is 0.328 e. The largest absolute Gasteiger partial charge is 0.478 e. The summed E-state index contributed by atoms with van der Waals surface area (Å²) in [6.45, 7) is 4.28. The van der Waals surface area contributed by atoms with E-state index in [0.717, 1.165) is 36.0 Å². The average molecular weight is 294 g/mol. The van der Waals surface area contributed by atoms with Gasteiger partial charge in [-0.2, -0.15) is 0 Å². The number of nitrogens with zero attached hydrogens (tertiary/aromatic N) is 1. The van der Waals surface area contributed by atoms with E-state index in [1.54, 1.807) is 17.4 Å². The number of hydrogen-bond donors (Lipinski definition) is 2. The summed E-state index contributed by atoms with van der Waals surface area (Å²) < 4.78 is 0. The molecule has 0 bridgehead atoms. The number of nitrogens with one attached hydrogen (secondary N) is 1. The molecule has 1 unspecified atom stereocenters. The van der Waals surface area contributed by atoms with Gasteiger partial charge in [-0.1, -0.05) is 6.92 Å². The molecule has 2 heterocycles. The zero-order valence-electron chi connectivity index (χ0n) is 11.3. The number of carbonyl (C=O) groups is 2. The molecule has 1 aliphatic rings. The van der Waals surface area contributed by atoms with Crippen LogP contribution in [0.2, 0.25) is 0 Å². The van der Waals surface area contributed by atoms with Crippen LogP contribution in [0.25, 0.3) is 6.08 Å². The molecule has 5 nitrogen and oxygen atoms in total. The molecule has 108 valence electrons. The molecule has 1 fully saturated rings. The van der Waals surface area contributed by atoms with E-state index < -0.39 is 5.97 Å². The summed E-state index contributed by atoms with van der Waals surface area (Å²) in [7, 11) is 0. The molecular weight excluding hydrogens is 276 g/mol. The van der Waals surface area contributed by atoms with Crippen LogP contribution >= 0.6 is 11.3 Å².